The second-order valence-electron chi connectivity index (χ2n) is 7.02. The van der Waals surface area contributed by atoms with Gasteiger partial charge in [-0.3, -0.25) is 4.79 Å². The molecule has 0 bridgehead atoms. The summed E-state index contributed by atoms with van der Waals surface area (Å²) in [4.78, 5) is 12.3. The van der Waals surface area contributed by atoms with Crippen molar-refractivity contribution in [3.63, 3.8) is 0 Å². The molecule has 160 valence electrons. The Hall–Kier alpha value is -3.38. The van der Waals surface area contributed by atoms with Crippen molar-refractivity contribution in [2.45, 2.75) is 38.1 Å². The Bertz CT molecular complexity index is 1090. The molecule has 3 aromatic rings. The summed E-state index contributed by atoms with van der Waals surface area (Å²) in [5.41, 5.74) is 1.14. The molecule has 0 radical (unpaired) electrons. The van der Waals surface area contributed by atoms with Gasteiger partial charge in [0.15, 0.2) is 28.7 Å². The Morgan fingerprint density at radius 2 is 1.90 bits per heavy atom. The number of hydrogen-bond donors (Lipinski definition) is 1. The third-order valence-electron chi connectivity index (χ3n) is 4.34. The van der Waals surface area contributed by atoms with E-state index in [2.05, 4.69) is 15.5 Å². The number of thioether (sulfide) groups is 1. The fourth-order valence-corrected chi connectivity index (χ4v) is 3.76. The Morgan fingerprint density at radius 1 is 1.19 bits per heavy atom. The number of anilines is 1. The van der Waals surface area contributed by atoms with Crippen LogP contribution in [0, 0.1) is 17.1 Å². The topological polar surface area (TPSA) is 92.8 Å². The first-order valence-electron chi connectivity index (χ1n) is 9.67. The molecule has 0 aliphatic rings. The van der Waals surface area contributed by atoms with Gasteiger partial charge in [-0.05, 0) is 57.2 Å². The number of benzene rings is 2. The minimum absolute atomic E-state index is 0.0146. The van der Waals surface area contributed by atoms with E-state index in [0.29, 0.717) is 22.2 Å². The number of amides is 1. The van der Waals surface area contributed by atoms with Gasteiger partial charge in [-0.25, -0.2) is 4.39 Å². The lowest BCUT2D eigenvalue weighted by molar-refractivity contribution is -0.113. The average molecular weight is 440 g/mol. The van der Waals surface area contributed by atoms with Crippen molar-refractivity contribution in [1.29, 1.82) is 5.26 Å². The predicted molar refractivity (Wildman–Crippen MR) is 116 cm³/mol. The number of hydrogen-bond acceptors (Lipinski definition) is 6. The van der Waals surface area contributed by atoms with Crippen LogP contribution >= 0.6 is 11.8 Å². The quantitative estimate of drug-likeness (QED) is 0.510. The van der Waals surface area contributed by atoms with Gasteiger partial charge in [-0.15, -0.1) is 10.2 Å². The fourth-order valence-electron chi connectivity index (χ4n) is 2.89. The largest absolute Gasteiger partial charge is 0.480 e. The molecule has 0 spiro atoms. The summed E-state index contributed by atoms with van der Waals surface area (Å²) in [6, 6.07) is 14.9. The van der Waals surface area contributed by atoms with Gasteiger partial charge in [-0.1, -0.05) is 23.9 Å². The normalized spacial score (nSPS) is 11.7. The molecular weight excluding hydrogens is 417 g/mol. The molecule has 1 aromatic heterocycles. The molecule has 1 N–H and O–H groups in total. The van der Waals surface area contributed by atoms with Crippen LogP contribution in [0.25, 0.3) is 0 Å². The van der Waals surface area contributed by atoms with E-state index in [1.807, 2.05) is 24.5 Å². The van der Waals surface area contributed by atoms with Gasteiger partial charge in [0.1, 0.15) is 0 Å². The van der Waals surface area contributed by atoms with Gasteiger partial charge in [0.2, 0.25) is 5.91 Å². The van der Waals surface area contributed by atoms with E-state index >= 15 is 0 Å². The van der Waals surface area contributed by atoms with Crippen LogP contribution in [-0.4, -0.2) is 26.4 Å². The summed E-state index contributed by atoms with van der Waals surface area (Å²) >= 11 is 1.25. The second-order valence-corrected chi connectivity index (χ2v) is 7.96. The summed E-state index contributed by atoms with van der Waals surface area (Å²) in [5, 5.41) is 20.6. The van der Waals surface area contributed by atoms with Crippen LogP contribution in [0.2, 0.25) is 0 Å². The zero-order chi connectivity index (χ0) is 22.4. The third-order valence-corrected chi connectivity index (χ3v) is 5.28. The number of aromatic nitrogens is 3. The Balaban J connectivity index is 1.67. The lowest BCUT2D eigenvalue weighted by Crippen LogP contribution is -2.16. The predicted octanol–water partition coefficient (Wildman–Crippen LogP) is 4.74. The lowest BCUT2D eigenvalue weighted by atomic mass is 10.2. The second kappa shape index (κ2) is 10.1. The van der Waals surface area contributed by atoms with Crippen molar-refractivity contribution >= 4 is 23.4 Å². The minimum atomic E-state index is -0.534. The summed E-state index contributed by atoms with van der Waals surface area (Å²) in [7, 11) is 0. The van der Waals surface area contributed by atoms with Crippen molar-refractivity contribution < 1.29 is 13.9 Å². The number of halogens is 1. The zero-order valence-electron chi connectivity index (χ0n) is 17.4. The number of para-hydroxylation sites is 1. The highest BCUT2D eigenvalue weighted by Crippen LogP contribution is 2.28. The molecule has 2 aromatic carbocycles. The molecule has 0 saturated heterocycles. The van der Waals surface area contributed by atoms with E-state index in [1.165, 1.54) is 17.8 Å². The van der Waals surface area contributed by atoms with Gasteiger partial charge in [0.05, 0.1) is 17.4 Å². The third kappa shape index (κ3) is 5.61. The van der Waals surface area contributed by atoms with Crippen molar-refractivity contribution in [3.05, 3.63) is 65.7 Å². The number of carbonyl (C=O) groups is 1. The van der Waals surface area contributed by atoms with Gasteiger partial charge >= 0.3 is 0 Å². The summed E-state index contributed by atoms with van der Waals surface area (Å²) in [6.45, 7) is 5.73. The highest BCUT2D eigenvalue weighted by molar-refractivity contribution is 7.99. The molecule has 1 atom stereocenters. The van der Waals surface area contributed by atoms with E-state index in [-0.39, 0.29) is 23.5 Å². The molecular formula is C22H22FN5O2S. The molecule has 0 fully saturated rings. The molecule has 0 aliphatic carbocycles. The van der Waals surface area contributed by atoms with Gasteiger partial charge < -0.3 is 14.6 Å². The summed E-state index contributed by atoms with van der Waals surface area (Å²) in [5.74, 6) is 0.176. The highest BCUT2D eigenvalue weighted by atomic mass is 32.2. The van der Waals surface area contributed by atoms with Crippen LogP contribution in [0.15, 0.2) is 53.7 Å². The number of carbonyl (C=O) groups excluding carboxylic acids is 1. The van der Waals surface area contributed by atoms with E-state index in [9.17, 15) is 9.18 Å². The molecule has 9 heteroatoms. The van der Waals surface area contributed by atoms with Crippen LogP contribution in [0.4, 0.5) is 10.1 Å². The van der Waals surface area contributed by atoms with Crippen LogP contribution in [0.5, 0.6) is 5.75 Å². The molecule has 1 heterocycles. The van der Waals surface area contributed by atoms with E-state index in [1.54, 1.807) is 49.4 Å². The van der Waals surface area contributed by atoms with E-state index < -0.39 is 11.9 Å². The molecule has 1 amide bonds. The fraction of sp³-hybridized carbons (Fsp3) is 0.273. The number of ether oxygens (including phenoxy) is 1. The van der Waals surface area contributed by atoms with E-state index in [0.717, 1.165) is 0 Å². The van der Waals surface area contributed by atoms with Gasteiger partial charge in [0.25, 0.3) is 0 Å². The SMILES string of the molecule is CC(Oc1ccccc1F)c1nnc(SCC(=O)Nc2ccc(C#N)cc2)n1C(C)C. The van der Waals surface area contributed by atoms with Crippen molar-refractivity contribution in [2.75, 3.05) is 11.1 Å². The first kappa shape index (κ1) is 22.3. The summed E-state index contributed by atoms with van der Waals surface area (Å²) < 4.78 is 21.6. The van der Waals surface area contributed by atoms with Crippen LogP contribution < -0.4 is 10.1 Å². The zero-order valence-corrected chi connectivity index (χ0v) is 18.2. The number of nitriles is 1. The maximum atomic E-state index is 13.9. The van der Waals surface area contributed by atoms with Crippen molar-refractivity contribution in [1.82, 2.24) is 14.8 Å². The first-order chi connectivity index (χ1) is 14.9. The maximum absolute atomic E-state index is 13.9. The van der Waals surface area contributed by atoms with Crippen molar-refractivity contribution in [3.8, 4) is 11.8 Å². The van der Waals surface area contributed by atoms with Crippen molar-refractivity contribution in [2.24, 2.45) is 0 Å². The molecule has 3 rings (SSSR count). The number of nitrogens with one attached hydrogen (secondary N) is 1. The summed E-state index contributed by atoms with van der Waals surface area (Å²) in [6.07, 6.45) is -0.534. The molecule has 1 unspecified atom stereocenters. The van der Waals surface area contributed by atoms with Crippen LogP contribution in [0.1, 0.15) is 44.3 Å². The monoisotopic (exact) mass is 439 g/mol. The number of rotatable bonds is 8. The first-order valence-corrected chi connectivity index (χ1v) is 10.7. The Kier molecular flexibility index (Phi) is 7.26. The minimum Gasteiger partial charge on any atom is -0.480 e. The van der Waals surface area contributed by atoms with Gasteiger partial charge in [0, 0.05) is 11.7 Å². The molecule has 31 heavy (non-hydrogen) atoms. The van der Waals surface area contributed by atoms with Crippen LogP contribution in [0.3, 0.4) is 0 Å². The smallest absolute Gasteiger partial charge is 0.234 e. The number of nitrogens with zero attached hydrogens (tertiary/aromatic N) is 4. The molecule has 7 nitrogen and oxygen atoms in total. The van der Waals surface area contributed by atoms with E-state index in [4.69, 9.17) is 10.00 Å². The Morgan fingerprint density at radius 3 is 2.55 bits per heavy atom. The van der Waals surface area contributed by atoms with Crippen LogP contribution in [-0.2, 0) is 4.79 Å². The maximum Gasteiger partial charge on any atom is 0.234 e. The standard InChI is InChI=1S/C22H22FN5O2S/c1-14(2)28-21(15(3)30-19-7-5-4-6-18(19)23)26-27-22(28)31-13-20(29)25-17-10-8-16(12-24)9-11-17/h4-11,14-15H,13H2,1-3H3,(H,25,29). The highest BCUT2D eigenvalue weighted by Gasteiger charge is 2.22. The molecule has 0 saturated carbocycles. The average Bonchev–Trinajstić information content (AvgIpc) is 3.19. The molecule has 0 aliphatic heterocycles. The lowest BCUT2D eigenvalue weighted by Gasteiger charge is -2.19. The van der Waals surface area contributed by atoms with Gasteiger partial charge in [-0.2, -0.15) is 5.26 Å². The Labute approximate surface area is 184 Å².